The fourth-order valence-electron chi connectivity index (χ4n) is 1.77. The van der Waals surface area contributed by atoms with Crippen molar-refractivity contribution in [1.82, 2.24) is 0 Å². The first kappa shape index (κ1) is 15.2. The van der Waals surface area contributed by atoms with Gasteiger partial charge in [-0.1, -0.05) is 38.7 Å². The molecule has 0 unspecified atom stereocenters. The van der Waals surface area contributed by atoms with Crippen LogP contribution in [0.3, 0.4) is 0 Å². The number of ether oxygens (including phenoxy) is 1. The summed E-state index contributed by atoms with van der Waals surface area (Å²) < 4.78 is 5.04. The largest absolute Gasteiger partial charge is 0.463 e. The quantitative estimate of drug-likeness (QED) is 0.351. The van der Waals surface area contributed by atoms with Gasteiger partial charge in [-0.2, -0.15) is 0 Å². The summed E-state index contributed by atoms with van der Waals surface area (Å²) >= 11 is 0. The van der Waals surface area contributed by atoms with Gasteiger partial charge in [0.05, 0.1) is 6.61 Å². The van der Waals surface area contributed by atoms with Gasteiger partial charge in [0.1, 0.15) is 0 Å². The predicted octanol–water partition coefficient (Wildman–Crippen LogP) is 4.25. The second kappa shape index (κ2) is 9.44. The van der Waals surface area contributed by atoms with Gasteiger partial charge < -0.3 is 4.74 Å². The fraction of sp³-hybridized carbons (Fsp3) is 0.786. The molecule has 0 aliphatic heterocycles. The van der Waals surface area contributed by atoms with E-state index in [4.69, 9.17) is 4.74 Å². The van der Waals surface area contributed by atoms with E-state index in [0.717, 1.165) is 24.8 Å². The van der Waals surface area contributed by atoms with Crippen LogP contribution in [0.15, 0.2) is 11.1 Å². The van der Waals surface area contributed by atoms with Crippen LogP contribution in [0.5, 0.6) is 0 Å². The number of hydrogen-bond donors (Lipinski definition) is 0. The van der Waals surface area contributed by atoms with Crippen LogP contribution in [-0.4, -0.2) is 12.6 Å². The smallest absolute Gasteiger partial charge is 0.333 e. The molecule has 0 heterocycles. The fourth-order valence-corrected chi connectivity index (χ4v) is 1.77. The minimum atomic E-state index is -0.137. The molecule has 2 nitrogen and oxygen atoms in total. The summed E-state index contributed by atoms with van der Waals surface area (Å²) in [6.45, 7) is 8.56. The molecule has 0 radical (unpaired) electrons. The first-order chi connectivity index (χ1) is 7.67. The monoisotopic (exact) mass is 226 g/mol. The Labute approximate surface area is 100 Å². The van der Waals surface area contributed by atoms with Crippen molar-refractivity contribution in [1.29, 1.82) is 0 Å². The number of carbonyl (C=O) groups is 1. The lowest BCUT2D eigenvalue weighted by Crippen LogP contribution is -2.08. The molecule has 0 aliphatic rings. The molecule has 2 heteroatoms. The van der Waals surface area contributed by atoms with Crippen molar-refractivity contribution >= 4 is 5.97 Å². The number of unbranched alkanes of at least 4 members (excludes halogenated alkanes) is 2. The van der Waals surface area contributed by atoms with E-state index in [1.165, 1.54) is 24.8 Å². The summed E-state index contributed by atoms with van der Waals surface area (Å²) in [6, 6.07) is 0. The Morgan fingerprint density at radius 1 is 1.00 bits per heavy atom. The minimum Gasteiger partial charge on any atom is -0.463 e. The molecule has 0 amide bonds. The van der Waals surface area contributed by atoms with Crippen LogP contribution in [-0.2, 0) is 9.53 Å². The number of hydrogen-bond acceptors (Lipinski definition) is 2. The summed E-state index contributed by atoms with van der Waals surface area (Å²) in [6.07, 6.45) is 6.81. The summed E-state index contributed by atoms with van der Waals surface area (Å²) in [5.74, 6) is -0.137. The van der Waals surface area contributed by atoms with Crippen molar-refractivity contribution in [3.8, 4) is 0 Å². The van der Waals surface area contributed by atoms with Gasteiger partial charge in [0.25, 0.3) is 0 Å². The number of esters is 1. The van der Waals surface area contributed by atoms with Gasteiger partial charge in [-0.25, -0.2) is 4.79 Å². The highest BCUT2D eigenvalue weighted by Gasteiger charge is 2.10. The molecular formula is C14H26O2. The molecule has 0 atom stereocenters. The lowest BCUT2D eigenvalue weighted by Gasteiger charge is -2.10. The summed E-state index contributed by atoms with van der Waals surface area (Å²) in [5, 5.41) is 0. The standard InChI is InChI=1S/C14H26O2/c1-5-8-9-11-13(10-6-2)12(4)14(15)16-7-3/h5-11H2,1-4H3. The average molecular weight is 226 g/mol. The van der Waals surface area contributed by atoms with Gasteiger partial charge in [-0.15, -0.1) is 0 Å². The molecule has 0 aliphatic carbocycles. The van der Waals surface area contributed by atoms with Crippen LogP contribution in [0.25, 0.3) is 0 Å². The first-order valence-electron chi connectivity index (χ1n) is 6.53. The molecule has 0 N–H and O–H groups in total. The molecule has 0 saturated heterocycles. The molecule has 0 aromatic carbocycles. The Balaban J connectivity index is 4.44. The maximum atomic E-state index is 11.6. The van der Waals surface area contributed by atoms with Crippen molar-refractivity contribution in [3.63, 3.8) is 0 Å². The van der Waals surface area contributed by atoms with E-state index < -0.39 is 0 Å². The van der Waals surface area contributed by atoms with E-state index in [9.17, 15) is 4.79 Å². The maximum Gasteiger partial charge on any atom is 0.333 e. The van der Waals surface area contributed by atoms with Gasteiger partial charge >= 0.3 is 5.97 Å². The highest BCUT2D eigenvalue weighted by molar-refractivity contribution is 5.88. The Morgan fingerprint density at radius 2 is 1.69 bits per heavy atom. The third kappa shape index (κ3) is 5.94. The van der Waals surface area contributed by atoms with Crippen LogP contribution in [0.1, 0.15) is 66.2 Å². The van der Waals surface area contributed by atoms with Crippen molar-refractivity contribution in [2.45, 2.75) is 66.2 Å². The van der Waals surface area contributed by atoms with Crippen LogP contribution in [0.4, 0.5) is 0 Å². The Morgan fingerprint density at radius 3 is 2.19 bits per heavy atom. The molecule has 0 aromatic rings. The molecule has 0 fully saturated rings. The number of carbonyl (C=O) groups excluding carboxylic acids is 1. The van der Waals surface area contributed by atoms with E-state index in [1.54, 1.807) is 0 Å². The van der Waals surface area contributed by atoms with Crippen molar-refractivity contribution < 1.29 is 9.53 Å². The first-order valence-corrected chi connectivity index (χ1v) is 6.53. The van der Waals surface area contributed by atoms with Gasteiger partial charge in [0.15, 0.2) is 0 Å². The average Bonchev–Trinajstić information content (AvgIpc) is 2.27. The molecule has 16 heavy (non-hydrogen) atoms. The van der Waals surface area contributed by atoms with Gasteiger partial charge in [0.2, 0.25) is 0 Å². The second-order valence-electron chi connectivity index (χ2n) is 4.16. The zero-order chi connectivity index (χ0) is 12.4. The number of rotatable bonds is 8. The van der Waals surface area contributed by atoms with Gasteiger partial charge in [-0.3, -0.25) is 0 Å². The van der Waals surface area contributed by atoms with Gasteiger partial charge in [-0.05, 0) is 33.1 Å². The lowest BCUT2D eigenvalue weighted by atomic mass is 9.98. The van der Waals surface area contributed by atoms with E-state index in [1.807, 2.05) is 13.8 Å². The van der Waals surface area contributed by atoms with Gasteiger partial charge in [0, 0.05) is 5.57 Å². The SMILES string of the molecule is CCCCCC(CCC)=C(C)C(=O)OCC. The highest BCUT2D eigenvalue weighted by atomic mass is 16.5. The second-order valence-corrected chi connectivity index (χ2v) is 4.16. The van der Waals surface area contributed by atoms with E-state index in [0.29, 0.717) is 6.61 Å². The van der Waals surface area contributed by atoms with Crippen molar-refractivity contribution in [2.24, 2.45) is 0 Å². The topological polar surface area (TPSA) is 26.3 Å². The summed E-state index contributed by atoms with van der Waals surface area (Å²) in [7, 11) is 0. The highest BCUT2D eigenvalue weighted by Crippen LogP contribution is 2.19. The van der Waals surface area contributed by atoms with Crippen LogP contribution in [0, 0.1) is 0 Å². The van der Waals surface area contributed by atoms with Crippen molar-refractivity contribution in [3.05, 3.63) is 11.1 Å². The lowest BCUT2D eigenvalue weighted by molar-refractivity contribution is -0.138. The molecule has 0 rings (SSSR count). The predicted molar refractivity (Wildman–Crippen MR) is 68.4 cm³/mol. The molecular weight excluding hydrogens is 200 g/mol. The van der Waals surface area contributed by atoms with E-state index in [2.05, 4.69) is 13.8 Å². The van der Waals surface area contributed by atoms with Crippen LogP contribution >= 0.6 is 0 Å². The third-order valence-electron chi connectivity index (χ3n) is 2.75. The Bertz CT molecular complexity index is 229. The molecule has 0 bridgehead atoms. The summed E-state index contributed by atoms with van der Waals surface area (Å²) in [5.41, 5.74) is 2.12. The minimum absolute atomic E-state index is 0.137. The molecule has 0 aromatic heterocycles. The third-order valence-corrected chi connectivity index (χ3v) is 2.75. The normalized spacial score (nSPS) is 12.2. The van der Waals surface area contributed by atoms with E-state index in [-0.39, 0.29) is 5.97 Å². The Kier molecular flexibility index (Phi) is 8.97. The van der Waals surface area contributed by atoms with E-state index >= 15 is 0 Å². The Hall–Kier alpha value is -0.790. The number of allylic oxidation sites excluding steroid dienone is 1. The summed E-state index contributed by atoms with van der Waals surface area (Å²) in [4.78, 5) is 11.6. The molecule has 0 saturated carbocycles. The van der Waals surface area contributed by atoms with Crippen LogP contribution in [0.2, 0.25) is 0 Å². The zero-order valence-electron chi connectivity index (χ0n) is 11.3. The molecule has 0 spiro atoms. The maximum absolute atomic E-state index is 11.6. The zero-order valence-corrected chi connectivity index (χ0v) is 11.3. The van der Waals surface area contributed by atoms with Crippen molar-refractivity contribution in [2.75, 3.05) is 6.61 Å². The van der Waals surface area contributed by atoms with Crippen LogP contribution < -0.4 is 0 Å². The molecule has 94 valence electrons.